The number of hydrazine groups is 2. The predicted molar refractivity (Wildman–Crippen MR) is 96.1 cm³/mol. The van der Waals surface area contributed by atoms with E-state index in [4.69, 9.17) is 5.11 Å². The lowest BCUT2D eigenvalue weighted by Gasteiger charge is -2.42. The number of aldehydes is 1. The Morgan fingerprint density at radius 2 is 2.00 bits per heavy atom. The third-order valence-electron chi connectivity index (χ3n) is 4.49. The van der Waals surface area contributed by atoms with Gasteiger partial charge in [-0.05, 0) is 19.8 Å². The van der Waals surface area contributed by atoms with Crippen molar-refractivity contribution in [2.45, 2.75) is 44.7 Å². The molecule has 0 spiro atoms. The Morgan fingerprint density at radius 3 is 2.59 bits per heavy atom. The second kappa shape index (κ2) is 9.17. The number of carboxylic acid groups (broad SMARTS) is 1. The normalized spacial score (nSPS) is 21.3. The number of nitrogens with one attached hydrogen (secondary N) is 2. The standard InChI is InChI=1S/C15H23N5O8S/c1-2-29(27,28)17-18-7-5-12(22)19-6-3-4-11(20(19)15(18)26)14(25)16-10(9-21)8-13(23)24/h9-11,17H,2-8H2,1H3,(H,16,25)(H,23,24)/t10-,11-/m0/s1. The average Bonchev–Trinajstić information content (AvgIpc) is 2.79. The first-order chi connectivity index (χ1) is 13.6. The van der Waals surface area contributed by atoms with Crippen LogP contribution in [0.3, 0.4) is 0 Å². The van der Waals surface area contributed by atoms with Gasteiger partial charge < -0.3 is 15.2 Å². The lowest BCUT2D eigenvalue weighted by Crippen LogP contribution is -2.64. The van der Waals surface area contributed by atoms with Crippen LogP contribution < -0.4 is 10.1 Å². The highest BCUT2D eigenvalue weighted by Crippen LogP contribution is 2.24. The van der Waals surface area contributed by atoms with Crippen LogP contribution in [0.4, 0.5) is 4.79 Å². The molecular weight excluding hydrogens is 410 g/mol. The first-order valence-corrected chi connectivity index (χ1v) is 10.6. The van der Waals surface area contributed by atoms with Gasteiger partial charge in [-0.3, -0.25) is 14.4 Å². The topological polar surface area (TPSA) is 173 Å². The van der Waals surface area contributed by atoms with E-state index in [0.29, 0.717) is 6.42 Å². The predicted octanol–water partition coefficient (Wildman–Crippen LogP) is -1.97. The summed E-state index contributed by atoms with van der Waals surface area (Å²) in [5, 5.41) is 13.8. The number of carbonyl (C=O) groups excluding carboxylic acids is 4. The molecular formula is C15H23N5O8S. The minimum Gasteiger partial charge on any atom is -0.481 e. The molecule has 162 valence electrons. The van der Waals surface area contributed by atoms with E-state index >= 15 is 0 Å². The summed E-state index contributed by atoms with van der Waals surface area (Å²) in [7, 11) is -3.81. The van der Waals surface area contributed by atoms with E-state index in [0.717, 1.165) is 15.0 Å². The summed E-state index contributed by atoms with van der Waals surface area (Å²) in [6.45, 7) is 1.32. The van der Waals surface area contributed by atoms with Gasteiger partial charge in [0.25, 0.3) is 0 Å². The minimum atomic E-state index is -3.81. The molecule has 2 saturated heterocycles. The molecule has 2 aliphatic rings. The van der Waals surface area contributed by atoms with Crippen molar-refractivity contribution in [3.63, 3.8) is 0 Å². The van der Waals surface area contributed by atoms with E-state index in [1.54, 1.807) is 0 Å². The van der Waals surface area contributed by atoms with E-state index in [-0.39, 0.29) is 38.0 Å². The summed E-state index contributed by atoms with van der Waals surface area (Å²) in [4.78, 5) is 62.0. The van der Waals surface area contributed by atoms with Gasteiger partial charge in [-0.15, -0.1) is 4.83 Å². The summed E-state index contributed by atoms with van der Waals surface area (Å²) in [6, 6.07) is -3.42. The monoisotopic (exact) mass is 433 g/mol. The Labute approximate surface area is 167 Å². The molecule has 14 heteroatoms. The van der Waals surface area contributed by atoms with Gasteiger partial charge in [0.2, 0.25) is 21.8 Å². The largest absolute Gasteiger partial charge is 0.481 e. The second-order valence-electron chi connectivity index (χ2n) is 6.55. The van der Waals surface area contributed by atoms with Gasteiger partial charge in [-0.1, -0.05) is 0 Å². The third-order valence-corrected chi connectivity index (χ3v) is 5.74. The van der Waals surface area contributed by atoms with Gasteiger partial charge in [-0.2, -0.15) is 0 Å². The van der Waals surface area contributed by atoms with E-state index in [2.05, 4.69) is 10.1 Å². The Morgan fingerprint density at radius 1 is 1.31 bits per heavy atom. The number of carboxylic acids is 1. The molecule has 0 unspecified atom stereocenters. The van der Waals surface area contributed by atoms with Crippen LogP contribution >= 0.6 is 0 Å². The minimum absolute atomic E-state index is 0.147. The quantitative estimate of drug-likeness (QED) is 0.370. The first-order valence-electron chi connectivity index (χ1n) is 8.98. The van der Waals surface area contributed by atoms with Crippen molar-refractivity contribution >= 4 is 40.1 Å². The number of nitrogens with zero attached hydrogens (tertiary/aromatic N) is 3. The maximum absolute atomic E-state index is 13.0. The van der Waals surface area contributed by atoms with E-state index < -0.39 is 52.3 Å². The molecule has 0 bridgehead atoms. The molecule has 4 amide bonds. The molecule has 0 aromatic rings. The number of aliphatic carboxylic acids is 1. The number of sulfonamides is 1. The van der Waals surface area contributed by atoms with Crippen LogP contribution in [0.5, 0.6) is 0 Å². The number of urea groups is 1. The zero-order chi connectivity index (χ0) is 21.8. The van der Waals surface area contributed by atoms with Gasteiger partial charge >= 0.3 is 12.0 Å². The van der Waals surface area contributed by atoms with Gasteiger partial charge in [0, 0.05) is 19.5 Å². The van der Waals surface area contributed by atoms with Crippen molar-refractivity contribution in [3.8, 4) is 0 Å². The summed E-state index contributed by atoms with van der Waals surface area (Å²) in [5.41, 5.74) is 0. The Balaban J connectivity index is 2.28. The zero-order valence-electron chi connectivity index (χ0n) is 15.7. The fraction of sp³-hybridized carbons (Fsp3) is 0.667. The number of rotatable bonds is 8. The molecule has 2 heterocycles. The second-order valence-corrected chi connectivity index (χ2v) is 8.54. The number of fused-ring (bicyclic) bond motifs is 1. The van der Waals surface area contributed by atoms with E-state index in [1.165, 1.54) is 6.92 Å². The van der Waals surface area contributed by atoms with Gasteiger partial charge in [0.1, 0.15) is 12.3 Å². The Bertz CT molecular complexity index is 801. The first kappa shape index (κ1) is 22.5. The number of carbonyl (C=O) groups is 5. The molecule has 2 atom stereocenters. The molecule has 0 saturated carbocycles. The Hall–Kier alpha value is -2.74. The van der Waals surface area contributed by atoms with Crippen molar-refractivity contribution in [2.24, 2.45) is 0 Å². The van der Waals surface area contributed by atoms with Gasteiger partial charge in [-0.25, -0.2) is 28.2 Å². The fourth-order valence-corrected chi connectivity index (χ4v) is 3.66. The molecule has 0 aromatic heterocycles. The van der Waals surface area contributed by atoms with Crippen LogP contribution in [0.25, 0.3) is 0 Å². The van der Waals surface area contributed by atoms with Crippen LogP contribution in [-0.2, 0) is 29.2 Å². The fourth-order valence-electron chi connectivity index (χ4n) is 3.03. The highest BCUT2D eigenvalue weighted by molar-refractivity contribution is 7.89. The smallest absolute Gasteiger partial charge is 0.354 e. The van der Waals surface area contributed by atoms with E-state index in [9.17, 15) is 32.4 Å². The van der Waals surface area contributed by atoms with Crippen molar-refractivity contribution in [1.82, 2.24) is 25.2 Å². The van der Waals surface area contributed by atoms with Crippen molar-refractivity contribution in [1.29, 1.82) is 0 Å². The molecule has 13 nitrogen and oxygen atoms in total. The van der Waals surface area contributed by atoms with Gasteiger partial charge in [0.15, 0.2) is 0 Å². The maximum Gasteiger partial charge on any atom is 0.354 e. The SMILES string of the molecule is CCS(=O)(=O)NN1CCC(=O)N2CCC[C@@H](C(=O)N[C@H](C=O)CC(=O)O)N2C1=O. The number of amides is 4. The van der Waals surface area contributed by atoms with Crippen LogP contribution in [-0.4, -0.2) is 89.6 Å². The van der Waals surface area contributed by atoms with Crippen molar-refractivity contribution < 1.29 is 37.5 Å². The molecule has 2 fully saturated rings. The molecule has 0 radical (unpaired) electrons. The van der Waals surface area contributed by atoms with E-state index in [1.807, 2.05) is 0 Å². The van der Waals surface area contributed by atoms with Crippen molar-refractivity contribution in [2.75, 3.05) is 18.8 Å². The zero-order valence-corrected chi connectivity index (χ0v) is 16.6. The highest BCUT2D eigenvalue weighted by Gasteiger charge is 2.44. The lowest BCUT2D eigenvalue weighted by atomic mass is 10.1. The molecule has 2 aliphatic heterocycles. The molecule has 0 aromatic carbocycles. The molecule has 29 heavy (non-hydrogen) atoms. The van der Waals surface area contributed by atoms with Crippen LogP contribution in [0.2, 0.25) is 0 Å². The summed E-state index contributed by atoms with van der Waals surface area (Å²) < 4.78 is 23.7. The Kier molecular flexibility index (Phi) is 7.13. The van der Waals surface area contributed by atoms with Crippen LogP contribution in [0, 0.1) is 0 Å². The van der Waals surface area contributed by atoms with Crippen LogP contribution in [0.15, 0.2) is 0 Å². The summed E-state index contributed by atoms with van der Waals surface area (Å²) >= 11 is 0. The summed E-state index contributed by atoms with van der Waals surface area (Å²) in [6.07, 6.45) is 0.0107. The average molecular weight is 433 g/mol. The highest BCUT2D eigenvalue weighted by atomic mass is 32.2. The number of hydrogen-bond acceptors (Lipinski definition) is 7. The van der Waals surface area contributed by atoms with Crippen molar-refractivity contribution in [3.05, 3.63) is 0 Å². The maximum atomic E-state index is 13.0. The third kappa shape index (κ3) is 5.41. The molecule has 3 N–H and O–H groups in total. The summed E-state index contributed by atoms with van der Waals surface area (Å²) in [5.74, 6) is -2.87. The van der Waals surface area contributed by atoms with Crippen LogP contribution in [0.1, 0.15) is 32.6 Å². The van der Waals surface area contributed by atoms with Gasteiger partial charge in [0.05, 0.1) is 18.2 Å². The molecule has 2 rings (SSSR count). The lowest BCUT2D eigenvalue weighted by molar-refractivity contribution is -0.155. The number of hydrogen-bond donors (Lipinski definition) is 3. The molecule has 0 aliphatic carbocycles.